The van der Waals surface area contributed by atoms with Crippen molar-refractivity contribution in [2.75, 3.05) is 13.1 Å². The highest BCUT2D eigenvalue weighted by atomic mass is 32.1. The third kappa shape index (κ3) is 3.41. The molecule has 1 saturated heterocycles. The van der Waals surface area contributed by atoms with Gasteiger partial charge in [-0.25, -0.2) is 4.98 Å². The van der Waals surface area contributed by atoms with Gasteiger partial charge in [-0.05, 0) is 36.5 Å². The van der Waals surface area contributed by atoms with Crippen molar-refractivity contribution in [3.05, 3.63) is 71.2 Å². The molecule has 0 atom stereocenters. The first-order valence-electron chi connectivity index (χ1n) is 9.94. The van der Waals surface area contributed by atoms with E-state index >= 15 is 0 Å². The number of carbonyl (C=O) groups is 1. The predicted octanol–water partition coefficient (Wildman–Crippen LogP) is 4.48. The van der Waals surface area contributed by atoms with Crippen molar-refractivity contribution < 1.29 is 9.90 Å². The first-order chi connectivity index (χ1) is 14.7. The summed E-state index contributed by atoms with van der Waals surface area (Å²) in [6.45, 7) is 1.42. The summed E-state index contributed by atoms with van der Waals surface area (Å²) < 4.78 is 0.525. The minimum atomic E-state index is -0.118. The monoisotopic (exact) mass is 416 g/mol. The number of aromatic nitrogens is 3. The number of likely N-dealkylation sites (tertiary alicyclic amines) is 1. The number of benzene rings is 1. The number of amides is 1. The number of carbonyl (C=O) groups excluding carboxylic acids is 1. The van der Waals surface area contributed by atoms with Crippen molar-refractivity contribution in [2.24, 2.45) is 0 Å². The van der Waals surface area contributed by atoms with E-state index in [0.717, 1.165) is 12.8 Å². The Morgan fingerprint density at radius 1 is 1.03 bits per heavy atom. The molecule has 5 rings (SSSR count). The number of aromatic hydroxyl groups is 1. The van der Waals surface area contributed by atoms with Gasteiger partial charge in [-0.3, -0.25) is 9.78 Å². The standard InChI is InChI=1S/C23H20N4O2S/c28-22-20-19(25-21(26-22)18-8-4-5-11-24-18)17(14-30-20)23(29)27-12-9-16(10-13-27)15-6-2-1-3-7-15/h1-8,11,14,16H,9-10,12-13H2,(H,25,26,28). The van der Waals surface area contributed by atoms with Gasteiger partial charge >= 0.3 is 0 Å². The zero-order chi connectivity index (χ0) is 20.5. The predicted molar refractivity (Wildman–Crippen MR) is 117 cm³/mol. The molecule has 1 aliphatic heterocycles. The Labute approximate surface area is 177 Å². The smallest absolute Gasteiger partial charge is 0.256 e. The summed E-state index contributed by atoms with van der Waals surface area (Å²) in [6, 6.07) is 15.9. The molecule has 3 aromatic heterocycles. The Bertz CT molecular complexity index is 1190. The second-order valence-electron chi connectivity index (χ2n) is 7.39. The molecule has 4 heterocycles. The summed E-state index contributed by atoms with van der Waals surface area (Å²) in [5.41, 5.74) is 2.90. The zero-order valence-corrected chi connectivity index (χ0v) is 17.0. The summed E-state index contributed by atoms with van der Waals surface area (Å²) in [4.78, 5) is 28.1. The average Bonchev–Trinajstić information content (AvgIpc) is 3.24. The largest absolute Gasteiger partial charge is 0.492 e. The Morgan fingerprint density at radius 3 is 2.53 bits per heavy atom. The second kappa shape index (κ2) is 7.84. The minimum absolute atomic E-state index is 0.0437. The molecule has 6 nitrogen and oxygen atoms in total. The van der Waals surface area contributed by atoms with Gasteiger partial charge in [-0.15, -0.1) is 11.3 Å². The van der Waals surface area contributed by atoms with Crippen LogP contribution in [0.2, 0.25) is 0 Å². The molecule has 4 aromatic rings. The third-order valence-electron chi connectivity index (χ3n) is 5.57. The zero-order valence-electron chi connectivity index (χ0n) is 16.2. The van der Waals surface area contributed by atoms with Gasteiger partial charge in [0, 0.05) is 24.7 Å². The van der Waals surface area contributed by atoms with Crippen LogP contribution < -0.4 is 0 Å². The SMILES string of the molecule is O=C(c1csc2c(O)nc(-c3ccccn3)nc12)N1CCC(c2ccccc2)CC1. The van der Waals surface area contributed by atoms with E-state index in [2.05, 4.69) is 39.2 Å². The number of fused-ring (bicyclic) bond motifs is 1. The Hall–Kier alpha value is -3.32. The number of rotatable bonds is 3. The molecule has 0 saturated carbocycles. The maximum Gasteiger partial charge on any atom is 0.256 e. The van der Waals surface area contributed by atoms with Gasteiger partial charge < -0.3 is 10.0 Å². The highest BCUT2D eigenvalue weighted by Gasteiger charge is 2.27. The fraction of sp³-hybridized carbons (Fsp3) is 0.217. The lowest BCUT2D eigenvalue weighted by atomic mass is 9.89. The molecule has 1 amide bonds. The van der Waals surface area contributed by atoms with Crippen molar-refractivity contribution >= 4 is 27.5 Å². The van der Waals surface area contributed by atoms with Crippen molar-refractivity contribution in [1.82, 2.24) is 19.9 Å². The summed E-state index contributed by atoms with van der Waals surface area (Å²) in [7, 11) is 0. The first-order valence-corrected chi connectivity index (χ1v) is 10.8. The van der Waals surface area contributed by atoms with Crippen LogP contribution in [0, 0.1) is 0 Å². The third-order valence-corrected chi connectivity index (χ3v) is 6.54. The minimum Gasteiger partial charge on any atom is -0.492 e. The van der Waals surface area contributed by atoms with Gasteiger partial charge in [0.1, 0.15) is 15.9 Å². The number of hydrogen-bond acceptors (Lipinski definition) is 6. The molecule has 0 bridgehead atoms. The van der Waals surface area contributed by atoms with Crippen molar-refractivity contribution in [3.8, 4) is 17.4 Å². The molecule has 0 unspecified atom stereocenters. The van der Waals surface area contributed by atoms with Gasteiger partial charge in [0.2, 0.25) is 5.88 Å². The molecule has 150 valence electrons. The Balaban J connectivity index is 1.41. The van der Waals surface area contributed by atoms with E-state index in [1.165, 1.54) is 16.9 Å². The van der Waals surface area contributed by atoms with Crippen LogP contribution in [-0.4, -0.2) is 44.0 Å². The molecule has 7 heteroatoms. The lowest BCUT2D eigenvalue weighted by Crippen LogP contribution is -2.37. The summed E-state index contributed by atoms with van der Waals surface area (Å²) in [6.07, 6.45) is 3.53. The maximum absolute atomic E-state index is 13.3. The fourth-order valence-electron chi connectivity index (χ4n) is 3.98. The molecular weight excluding hydrogens is 396 g/mol. The number of hydrogen-bond donors (Lipinski definition) is 1. The van der Waals surface area contributed by atoms with E-state index in [0.29, 0.717) is 46.3 Å². The van der Waals surface area contributed by atoms with Crippen LogP contribution in [0.3, 0.4) is 0 Å². The van der Waals surface area contributed by atoms with E-state index in [4.69, 9.17) is 0 Å². The normalized spacial score (nSPS) is 14.9. The van der Waals surface area contributed by atoms with Crippen LogP contribution in [0.4, 0.5) is 0 Å². The van der Waals surface area contributed by atoms with E-state index in [-0.39, 0.29) is 11.8 Å². The van der Waals surface area contributed by atoms with Gasteiger partial charge in [0.05, 0.1) is 5.56 Å². The second-order valence-corrected chi connectivity index (χ2v) is 8.27. The van der Waals surface area contributed by atoms with Gasteiger partial charge in [-0.1, -0.05) is 36.4 Å². The topological polar surface area (TPSA) is 79.2 Å². The summed E-state index contributed by atoms with van der Waals surface area (Å²) in [5, 5.41) is 12.2. The van der Waals surface area contributed by atoms with Crippen molar-refractivity contribution in [3.63, 3.8) is 0 Å². The molecule has 1 N–H and O–H groups in total. The van der Waals surface area contributed by atoms with E-state index in [1.807, 2.05) is 17.0 Å². The highest BCUT2D eigenvalue weighted by Crippen LogP contribution is 2.34. The van der Waals surface area contributed by atoms with E-state index < -0.39 is 0 Å². The number of pyridine rings is 1. The summed E-state index contributed by atoms with van der Waals surface area (Å²) >= 11 is 1.29. The van der Waals surface area contributed by atoms with Crippen LogP contribution in [0.25, 0.3) is 21.7 Å². The Morgan fingerprint density at radius 2 is 1.80 bits per heavy atom. The molecule has 0 aliphatic carbocycles. The summed E-state index contributed by atoms with van der Waals surface area (Å²) in [5.74, 6) is 0.637. The average molecular weight is 417 g/mol. The maximum atomic E-state index is 13.3. The van der Waals surface area contributed by atoms with Gasteiger partial charge in [-0.2, -0.15) is 4.98 Å². The lowest BCUT2D eigenvalue weighted by molar-refractivity contribution is 0.0715. The fourth-order valence-corrected chi connectivity index (χ4v) is 4.84. The highest BCUT2D eigenvalue weighted by molar-refractivity contribution is 7.17. The molecule has 1 fully saturated rings. The molecule has 0 radical (unpaired) electrons. The van der Waals surface area contributed by atoms with Crippen LogP contribution in [0.5, 0.6) is 5.88 Å². The molecule has 30 heavy (non-hydrogen) atoms. The van der Waals surface area contributed by atoms with E-state index in [1.54, 1.807) is 23.7 Å². The Kier molecular flexibility index (Phi) is 4.88. The molecule has 1 aromatic carbocycles. The van der Waals surface area contributed by atoms with Crippen LogP contribution in [0.15, 0.2) is 60.1 Å². The number of piperidine rings is 1. The number of nitrogens with zero attached hydrogens (tertiary/aromatic N) is 4. The molecule has 1 aliphatic rings. The van der Waals surface area contributed by atoms with Gasteiger partial charge in [0.25, 0.3) is 5.91 Å². The van der Waals surface area contributed by atoms with Crippen molar-refractivity contribution in [1.29, 1.82) is 0 Å². The van der Waals surface area contributed by atoms with Crippen LogP contribution in [0.1, 0.15) is 34.7 Å². The number of thiophene rings is 1. The lowest BCUT2D eigenvalue weighted by Gasteiger charge is -2.32. The van der Waals surface area contributed by atoms with Crippen LogP contribution in [-0.2, 0) is 0 Å². The quantitative estimate of drug-likeness (QED) is 0.533. The van der Waals surface area contributed by atoms with Gasteiger partial charge in [0.15, 0.2) is 5.82 Å². The van der Waals surface area contributed by atoms with E-state index in [9.17, 15) is 9.90 Å². The van der Waals surface area contributed by atoms with Crippen LogP contribution >= 0.6 is 11.3 Å². The first kappa shape index (κ1) is 18.7. The van der Waals surface area contributed by atoms with Crippen molar-refractivity contribution in [2.45, 2.75) is 18.8 Å². The molecule has 0 spiro atoms. The molecular formula is C23H20N4O2S.